The number of carbonyl (C=O) groups excluding carboxylic acids is 1. The summed E-state index contributed by atoms with van der Waals surface area (Å²) in [7, 11) is 1.78. The van der Waals surface area contributed by atoms with Crippen LogP contribution in [0.1, 0.15) is 30.3 Å². The molecule has 0 unspecified atom stereocenters. The number of aromatic nitrogens is 1. The largest absolute Gasteiger partial charge is 0.379 e. The summed E-state index contributed by atoms with van der Waals surface area (Å²) in [4.78, 5) is 20.4. The molecule has 2 heterocycles. The minimum Gasteiger partial charge on any atom is -0.379 e. The lowest BCUT2D eigenvalue weighted by Gasteiger charge is -2.31. The van der Waals surface area contributed by atoms with Gasteiger partial charge in [0.1, 0.15) is 0 Å². The maximum Gasteiger partial charge on any atom is 0.324 e. The fourth-order valence-electron chi connectivity index (χ4n) is 4.93. The van der Waals surface area contributed by atoms with Crippen LogP contribution in [0.3, 0.4) is 0 Å². The van der Waals surface area contributed by atoms with Gasteiger partial charge < -0.3 is 9.64 Å². The van der Waals surface area contributed by atoms with Gasteiger partial charge in [-0.25, -0.2) is 9.78 Å². The van der Waals surface area contributed by atoms with Crippen molar-refractivity contribution >= 4 is 22.5 Å². The summed E-state index contributed by atoms with van der Waals surface area (Å²) in [6.07, 6.45) is 3.58. The summed E-state index contributed by atoms with van der Waals surface area (Å²) in [5.74, 6) is 1.97. The van der Waals surface area contributed by atoms with Crippen molar-refractivity contribution in [3.63, 3.8) is 0 Å². The van der Waals surface area contributed by atoms with E-state index in [1.807, 2.05) is 4.90 Å². The standard InChI is InChI=1S/C16H23N3O2S/c1-4-12-8(2)22-15(17-12)18-16(20)19-7-10-5-9-6-11(10)13(19)14(9)21-3/h9-11,13-14H,4-7H2,1-3H3,(H,17,18,20)/t9-,10-,11+,13+,14-/m0/s1. The van der Waals surface area contributed by atoms with Gasteiger partial charge in [0.05, 0.1) is 17.8 Å². The molecular weight excluding hydrogens is 298 g/mol. The van der Waals surface area contributed by atoms with Crippen molar-refractivity contribution in [3.8, 4) is 0 Å². The van der Waals surface area contributed by atoms with E-state index < -0.39 is 0 Å². The van der Waals surface area contributed by atoms with Gasteiger partial charge in [-0.05, 0) is 43.9 Å². The minimum atomic E-state index is -0.00139. The van der Waals surface area contributed by atoms with E-state index in [0.717, 1.165) is 23.8 Å². The average Bonchev–Trinajstić information content (AvgIpc) is 3.18. The lowest BCUT2D eigenvalue weighted by molar-refractivity contribution is 0.0202. The Morgan fingerprint density at radius 1 is 1.45 bits per heavy atom. The number of methoxy groups -OCH3 is 1. The zero-order chi connectivity index (χ0) is 15.4. The van der Waals surface area contributed by atoms with Gasteiger partial charge in [-0.15, -0.1) is 11.3 Å². The molecule has 3 fully saturated rings. The molecule has 5 atom stereocenters. The molecule has 1 aromatic heterocycles. The number of aryl methyl sites for hydroxylation is 2. The highest BCUT2D eigenvalue weighted by molar-refractivity contribution is 7.15. The molecule has 0 radical (unpaired) electrons. The van der Waals surface area contributed by atoms with E-state index in [9.17, 15) is 4.79 Å². The second-order valence-corrected chi connectivity index (χ2v) is 8.01. The van der Waals surface area contributed by atoms with Crippen LogP contribution in [0.4, 0.5) is 9.93 Å². The van der Waals surface area contributed by atoms with E-state index >= 15 is 0 Å². The predicted molar refractivity (Wildman–Crippen MR) is 86.2 cm³/mol. The Balaban J connectivity index is 1.51. The normalized spacial score (nSPS) is 35.4. The average molecular weight is 321 g/mol. The van der Waals surface area contributed by atoms with Gasteiger partial charge in [0, 0.05) is 18.5 Å². The number of anilines is 1. The van der Waals surface area contributed by atoms with Crippen molar-refractivity contribution < 1.29 is 9.53 Å². The Morgan fingerprint density at radius 3 is 2.95 bits per heavy atom. The molecule has 0 aromatic carbocycles. The first-order valence-electron chi connectivity index (χ1n) is 8.19. The number of likely N-dealkylation sites (tertiary alicyclic amines) is 1. The van der Waals surface area contributed by atoms with E-state index in [1.165, 1.54) is 17.7 Å². The van der Waals surface area contributed by atoms with Crippen molar-refractivity contribution in [2.75, 3.05) is 19.0 Å². The minimum absolute atomic E-state index is 0.00139. The Bertz CT molecular complexity index is 600. The van der Waals surface area contributed by atoms with Crippen LogP contribution in [0.15, 0.2) is 0 Å². The summed E-state index contributed by atoms with van der Waals surface area (Å²) in [6.45, 7) is 5.03. The Kier molecular flexibility index (Phi) is 3.42. The molecule has 2 saturated carbocycles. The first-order valence-corrected chi connectivity index (χ1v) is 9.00. The lowest BCUT2D eigenvalue weighted by Crippen LogP contribution is -2.46. The predicted octanol–water partition coefficient (Wildman–Crippen LogP) is 2.90. The molecule has 1 aliphatic heterocycles. The number of nitrogens with one attached hydrogen (secondary N) is 1. The fourth-order valence-corrected chi connectivity index (χ4v) is 5.82. The van der Waals surface area contributed by atoms with Crippen molar-refractivity contribution in [2.45, 2.75) is 45.3 Å². The van der Waals surface area contributed by atoms with Crippen LogP contribution in [0, 0.1) is 24.7 Å². The summed E-state index contributed by atoms with van der Waals surface area (Å²) in [5, 5.41) is 3.74. The van der Waals surface area contributed by atoms with Crippen LogP contribution in [0.5, 0.6) is 0 Å². The Labute approximate surface area is 135 Å². The number of thiazole rings is 1. The van der Waals surface area contributed by atoms with E-state index in [2.05, 4.69) is 24.1 Å². The number of rotatable bonds is 3. The number of hydrogen-bond donors (Lipinski definition) is 1. The number of urea groups is 1. The van der Waals surface area contributed by atoms with Crippen LogP contribution >= 0.6 is 11.3 Å². The molecule has 3 aliphatic rings. The summed E-state index contributed by atoms with van der Waals surface area (Å²) in [6, 6.07) is 0.263. The molecule has 5 nitrogen and oxygen atoms in total. The second-order valence-electron chi connectivity index (χ2n) is 6.80. The Morgan fingerprint density at radius 2 is 2.27 bits per heavy atom. The third-order valence-corrected chi connectivity index (χ3v) is 6.72. The highest BCUT2D eigenvalue weighted by atomic mass is 32.1. The second kappa shape index (κ2) is 5.20. The monoisotopic (exact) mass is 321 g/mol. The van der Waals surface area contributed by atoms with Gasteiger partial charge in [-0.3, -0.25) is 5.32 Å². The Hall–Kier alpha value is -1.14. The fraction of sp³-hybridized carbons (Fsp3) is 0.750. The smallest absolute Gasteiger partial charge is 0.324 e. The van der Waals surface area contributed by atoms with Gasteiger partial charge in [0.2, 0.25) is 0 Å². The van der Waals surface area contributed by atoms with Crippen molar-refractivity contribution in [1.82, 2.24) is 9.88 Å². The molecule has 22 heavy (non-hydrogen) atoms. The molecule has 120 valence electrons. The highest BCUT2D eigenvalue weighted by Crippen LogP contribution is 2.55. The molecule has 1 aromatic rings. The molecule has 2 bridgehead atoms. The van der Waals surface area contributed by atoms with Gasteiger partial charge in [0.15, 0.2) is 5.13 Å². The number of ether oxygens (including phenoxy) is 1. The molecular formula is C16H23N3O2S. The number of fused-ring (bicyclic) bond motifs is 1. The molecule has 2 aliphatic carbocycles. The molecule has 6 heteroatoms. The van der Waals surface area contributed by atoms with Crippen LogP contribution in [0.25, 0.3) is 0 Å². The first kappa shape index (κ1) is 14.5. The molecule has 1 saturated heterocycles. The van der Waals surface area contributed by atoms with E-state index in [4.69, 9.17) is 4.74 Å². The maximum atomic E-state index is 12.7. The summed E-state index contributed by atoms with van der Waals surface area (Å²) >= 11 is 1.57. The highest BCUT2D eigenvalue weighted by Gasteiger charge is 2.60. The van der Waals surface area contributed by atoms with Crippen LogP contribution in [0.2, 0.25) is 0 Å². The topological polar surface area (TPSA) is 54.5 Å². The lowest BCUT2D eigenvalue weighted by atomic mass is 9.88. The number of nitrogens with zero attached hydrogens (tertiary/aromatic N) is 2. The van der Waals surface area contributed by atoms with E-state index in [0.29, 0.717) is 17.8 Å². The SMILES string of the molecule is CCc1nc(NC(=O)N2C[C@@H]3C[C@H]4C[C@H]3[C@@H]2[C@H]4OC)sc1C. The molecule has 1 N–H and O–H groups in total. The van der Waals surface area contributed by atoms with Crippen molar-refractivity contribution in [2.24, 2.45) is 17.8 Å². The van der Waals surface area contributed by atoms with E-state index in [-0.39, 0.29) is 18.2 Å². The quantitative estimate of drug-likeness (QED) is 0.931. The van der Waals surface area contributed by atoms with Gasteiger partial charge in [-0.1, -0.05) is 6.92 Å². The zero-order valence-corrected chi connectivity index (χ0v) is 14.2. The van der Waals surface area contributed by atoms with Gasteiger partial charge in [0.25, 0.3) is 0 Å². The van der Waals surface area contributed by atoms with Crippen LogP contribution < -0.4 is 5.32 Å². The summed E-state index contributed by atoms with van der Waals surface area (Å²) in [5.41, 5.74) is 1.08. The first-order chi connectivity index (χ1) is 10.6. The molecule has 0 spiro atoms. The van der Waals surface area contributed by atoms with Crippen molar-refractivity contribution in [3.05, 3.63) is 10.6 Å². The summed E-state index contributed by atoms with van der Waals surface area (Å²) < 4.78 is 5.71. The van der Waals surface area contributed by atoms with Crippen LogP contribution in [-0.4, -0.2) is 41.7 Å². The van der Waals surface area contributed by atoms with Crippen LogP contribution in [-0.2, 0) is 11.2 Å². The third kappa shape index (κ3) is 2.00. The number of hydrogen-bond acceptors (Lipinski definition) is 4. The van der Waals surface area contributed by atoms with Crippen molar-refractivity contribution in [1.29, 1.82) is 0 Å². The maximum absolute atomic E-state index is 12.7. The molecule has 2 amide bonds. The number of amides is 2. The molecule has 4 rings (SSSR count). The van der Waals surface area contributed by atoms with Gasteiger partial charge >= 0.3 is 6.03 Å². The van der Waals surface area contributed by atoms with Gasteiger partial charge in [-0.2, -0.15) is 0 Å². The third-order valence-electron chi connectivity index (χ3n) is 5.79. The van der Waals surface area contributed by atoms with E-state index in [1.54, 1.807) is 18.4 Å². The zero-order valence-electron chi connectivity index (χ0n) is 13.3. The number of carbonyl (C=O) groups is 1.